The van der Waals surface area contributed by atoms with Crippen molar-refractivity contribution in [2.45, 2.75) is 25.9 Å². The second-order valence-corrected chi connectivity index (χ2v) is 4.92. The van der Waals surface area contributed by atoms with Crippen LogP contribution in [0.15, 0.2) is 12.1 Å². The number of amides is 1. The van der Waals surface area contributed by atoms with Crippen molar-refractivity contribution in [3.8, 4) is 0 Å². The molecule has 0 saturated carbocycles. The first kappa shape index (κ1) is 14.1. The van der Waals surface area contributed by atoms with E-state index in [1.165, 1.54) is 0 Å². The molecule has 0 aliphatic carbocycles. The number of pyridine rings is 1. The Morgan fingerprint density at radius 2 is 2.21 bits per heavy atom. The van der Waals surface area contributed by atoms with E-state index in [0.29, 0.717) is 30.5 Å². The van der Waals surface area contributed by atoms with Gasteiger partial charge in [-0.3, -0.25) is 4.79 Å². The second kappa shape index (κ2) is 6.21. The van der Waals surface area contributed by atoms with E-state index in [9.17, 15) is 4.79 Å². The highest BCUT2D eigenvalue weighted by Crippen LogP contribution is 2.20. The number of rotatable bonds is 3. The Balaban J connectivity index is 2.03. The van der Waals surface area contributed by atoms with E-state index in [-0.39, 0.29) is 17.7 Å². The summed E-state index contributed by atoms with van der Waals surface area (Å²) in [4.78, 5) is 18.1. The summed E-state index contributed by atoms with van der Waals surface area (Å²) in [5.41, 5.74) is 5.83. The average Bonchev–Trinajstić information content (AvgIpc) is 2.42. The molecule has 0 bridgehead atoms. The minimum Gasteiger partial charge on any atom is -0.384 e. The van der Waals surface area contributed by atoms with E-state index in [2.05, 4.69) is 4.98 Å². The zero-order chi connectivity index (χ0) is 13.8. The maximum absolute atomic E-state index is 12.3. The molecule has 6 heteroatoms. The predicted octanol–water partition coefficient (Wildman–Crippen LogP) is 1.96. The molecular formula is C13H18ClN3O2. The van der Waals surface area contributed by atoms with Crippen LogP contribution in [0.1, 0.15) is 30.3 Å². The summed E-state index contributed by atoms with van der Waals surface area (Å²) in [5, 5.41) is 0.339. The second-order valence-electron chi connectivity index (χ2n) is 4.51. The van der Waals surface area contributed by atoms with Gasteiger partial charge in [0.15, 0.2) is 0 Å². The maximum Gasteiger partial charge on any atom is 0.274 e. The smallest absolute Gasteiger partial charge is 0.274 e. The summed E-state index contributed by atoms with van der Waals surface area (Å²) in [6.45, 7) is 4.02. The van der Waals surface area contributed by atoms with Crippen molar-refractivity contribution in [1.29, 1.82) is 0 Å². The number of piperidine rings is 1. The van der Waals surface area contributed by atoms with Crippen LogP contribution < -0.4 is 5.73 Å². The van der Waals surface area contributed by atoms with Crippen LogP contribution in [0.4, 0.5) is 5.82 Å². The Hall–Kier alpha value is -1.33. The summed E-state index contributed by atoms with van der Waals surface area (Å²) >= 11 is 6.00. The van der Waals surface area contributed by atoms with Crippen LogP contribution in [0.3, 0.4) is 0 Å². The molecule has 104 valence electrons. The fourth-order valence-corrected chi connectivity index (χ4v) is 2.40. The summed E-state index contributed by atoms with van der Waals surface area (Å²) in [6.07, 6.45) is 1.94. The molecule has 2 heterocycles. The predicted molar refractivity (Wildman–Crippen MR) is 74.2 cm³/mol. The molecule has 1 aliphatic rings. The third-order valence-electron chi connectivity index (χ3n) is 3.20. The van der Waals surface area contributed by atoms with Gasteiger partial charge < -0.3 is 15.4 Å². The Labute approximate surface area is 117 Å². The van der Waals surface area contributed by atoms with Crippen LogP contribution in [-0.2, 0) is 4.74 Å². The fourth-order valence-electron chi connectivity index (χ4n) is 2.22. The summed E-state index contributed by atoms with van der Waals surface area (Å²) < 4.78 is 5.56. The SMILES string of the molecule is CCOC1CCN(C(=O)c2nc(N)ccc2Cl)CC1. The first-order valence-corrected chi connectivity index (χ1v) is 6.82. The highest BCUT2D eigenvalue weighted by atomic mass is 35.5. The quantitative estimate of drug-likeness (QED) is 0.921. The first-order chi connectivity index (χ1) is 9.11. The first-order valence-electron chi connectivity index (χ1n) is 6.44. The van der Waals surface area contributed by atoms with Crippen LogP contribution in [0.2, 0.25) is 5.02 Å². The molecule has 5 nitrogen and oxygen atoms in total. The molecule has 1 saturated heterocycles. The molecule has 1 fully saturated rings. The van der Waals surface area contributed by atoms with E-state index < -0.39 is 0 Å². The van der Waals surface area contributed by atoms with Crippen molar-refractivity contribution in [3.63, 3.8) is 0 Å². The van der Waals surface area contributed by atoms with Crippen LogP contribution in [0, 0.1) is 0 Å². The lowest BCUT2D eigenvalue weighted by Gasteiger charge is -2.31. The van der Waals surface area contributed by atoms with Gasteiger partial charge in [-0.15, -0.1) is 0 Å². The summed E-state index contributed by atoms with van der Waals surface area (Å²) in [7, 11) is 0. The molecule has 1 aromatic rings. The van der Waals surface area contributed by atoms with Crippen molar-refractivity contribution >= 4 is 23.3 Å². The van der Waals surface area contributed by atoms with Crippen LogP contribution in [0.5, 0.6) is 0 Å². The molecule has 1 aromatic heterocycles. The number of aromatic nitrogens is 1. The van der Waals surface area contributed by atoms with Gasteiger partial charge in [0.1, 0.15) is 11.5 Å². The highest BCUT2D eigenvalue weighted by Gasteiger charge is 2.25. The lowest BCUT2D eigenvalue weighted by atomic mass is 10.1. The molecule has 2 N–H and O–H groups in total. The standard InChI is InChI=1S/C13H18ClN3O2/c1-2-19-9-5-7-17(8-6-9)13(18)12-10(14)3-4-11(15)16-12/h3-4,9H,2,5-8H2,1H3,(H2,15,16). The largest absolute Gasteiger partial charge is 0.384 e. The number of likely N-dealkylation sites (tertiary alicyclic amines) is 1. The highest BCUT2D eigenvalue weighted by molar-refractivity contribution is 6.33. The Kier molecular flexibility index (Phi) is 4.61. The number of nitrogens with two attached hydrogens (primary N) is 1. The molecule has 2 rings (SSSR count). The summed E-state index contributed by atoms with van der Waals surface area (Å²) in [6, 6.07) is 3.19. The molecule has 0 unspecified atom stereocenters. The van der Waals surface area contributed by atoms with Gasteiger partial charge in [-0.1, -0.05) is 11.6 Å². The molecule has 0 aromatic carbocycles. The molecule has 0 spiro atoms. The number of hydrogen-bond acceptors (Lipinski definition) is 4. The molecule has 0 radical (unpaired) electrons. The van der Waals surface area contributed by atoms with Crippen molar-refractivity contribution in [3.05, 3.63) is 22.8 Å². The maximum atomic E-state index is 12.3. The third-order valence-corrected chi connectivity index (χ3v) is 3.51. The molecule has 19 heavy (non-hydrogen) atoms. The molecule has 1 aliphatic heterocycles. The van der Waals surface area contributed by atoms with E-state index in [0.717, 1.165) is 12.8 Å². The Bertz CT molecular complexity index is 459. The molecule has 0 atom stereocenters. The number of nitrogens with zero attached hydrogens (tertiary/aromatic N) is 2. The lowest BCUT2D eigenvalue weighted by Crippen LogP contribution is -2.41. The van der Waals surface area contributed by atoms with Gasteiger partial charge in [0.2, 0.25) is 0 Å². The number of carbonyl (C=O) groups is 1. The van der Waals surface area contributed by atoms with E-state index in [1.807, 2.05) is 6.92 Å². The Morgan fingerprint density at radius 1 is 1.53 bits per heavy atom. The van der Waals surface area contributed by atoms with Gasteiger partial charge in [-0.25, -0.2) is 4.98 Å². The van der Waals surface area contributed by atoms with Crippen LogP contribution in [-0.4, -0.2) is 41.6 Å². The van der Waals surface area contributed by atoms with Crippen molar-refractivity contribution < 1.29 is 9.53 Å². The fraction of sp³-hybridized carbons (Fsp3) is 0.538. The van der Waals surface area contributed by atoms with Gasteiger partial charge in [0, 0.05) is 19.7 Å². The monoisotopic (exact) mass is 283 g/mol. The number of anilines is 1. The van der Waals surface area contributed by atoms with Gasteiger partial charge in [0.25, 0.3) is 5.91 Å². The van der Waals surface area contributed by atoms with Crippen molar-refractivity contribution in [2.24, 2.45) is 0 Å². The number of halogens is 1. The van der Waals surface area contributed by atoms with E-state index >= 15 is 0 Å². The minimum absolute atomic E-state index is 0.160. The number of ether oxygens (including phenoxy) is 1. The molecular weight excluding hydrogens is 266 g/mol. The lowest BCUT2D eigenvalue weighted by molar-refractivity contribution is 0.0144. The normalized spacial score (nSPS) is 16.6. The topological polar surface area (TPSA) is 68.5 Å². The van der Waals surface area contributed by atoms with E-state index in [1.54, 1.807) is 17.0 Å². The van der Waals surface area contributed by atoms with Crippen LogP contribution >= 0.6 is 11.6 Å². The van der Waals surface area contributed by atoms with Gasteiger partial charge in [-0.05, 0) is 31.9 Å². The number of nitrogen functional groups attached to an aromatic ring is 1. The summed E-state index contributed by atoms with van der Waals surface area (Å²) in [5.74, 6) is 0.143. The van der Waals surface area contributed by atoms with Gasteiger partial charge in [0.05, 0.1) is 11.1 Å². The zero-order valence-corrected chi connectivity index (χ0v) is 11.7. The van der Waals surface area contributed by atoms with Crippen molar-refractivity contribution in [2.75, 3.05) is 25.4 Å². The van der Waals surface area contributed by atoms with Crippen LogP contribution in [0.25, 0.3) is 0 Å². The van der Waals surface area contributed by atoms with E-state index in [4.69, 9.17) is 22.1 Å². The Morgan fingerprint density at radius 3 is 2.84 bits per heavy atom. The van der Waals surface area contributed by atoms with Gasteiger partial charge in [-0.2, -0.15) is 0 Å². The number of hydrogen-bond donors (Lipinski definition) is 1. The average molecular weight is 284 g/mol. The number of carbonyl (C=O) groups excluding carboxylic acids is 1. The molecule has 1 amide bonds. The van der Waals surface area contributed by atoms with Crippen molar-refractivity contribution in [1.82, 2.24) is 9.88 Å². The third kappa shape index (κ3) is 3.36. The minimum atomic E-state index is -0.160. The van der Waals surface area contributed by atoms with Gasteiger partial charge >= 0.3 is 0 Å². The zero-order valence-electron chi connectivity index (χ0n) is 10.9.